The van der Waals surface area contributed by atoms with Crippen molar-refractivity contribution in [1.29, 1.82) is 0 Å². The Labute approximate surface area is 108 Å². The van der Waals surface area contributed by atoms with Gasteiger partial charge in [-0.2, -0.15) is 23.3 Å². The predicted octanol–water partition coefficient (Wildman–Crippen LogP) is 2.33. The van der Waals surface area contributed by atoms with Crippen molar-refractivity contribution in [2.24, 2.45) is 0 Å². The van der Waals surface area contributed by atoms with E-state index >= 15 is 0 Å². The van der Waals surface area contributed by atoms with Gasteiger partial charge in [-0.3, -0.25) is 0 Å². The fraction of sp³-hybridized carbons (Fsp3) is 0.222. The van der Waals surface area contributed by atoms with Gasteiger partial charge in [-0.25, -0.2) is 9.67 Å². The van der Waals surface area contributed by atoms with Gasteiger partial charge in [-0.05, 0) is 28.9 Å². The van der Waals surface area contributed by atoms with Crippen molar-refractivity contribution in [1.82, 2.24) is 19.7 Å². The first kappa shape index (κ1) is 12.8. The Balaban J connectivity index is 2.58. The standard InChI is InChI=1S/C9H7BrF3N5/c1-4-2-6(9(11,12)13)17-18(4)7-5(10)3-15-8(14)16-7/h2-3H,1H3,(H2,14,15,16). The summed E-state index contributed by atoms with van der Waals surface area (Å²) in [7, 11) is 0. The van der Waals surface area contributed by atoms with Crippen LogP contribution in [0.2, 0.25) is 0 Å². The molecule has 2 aromatic heterocycles. The number of hydrogen-bond donors (Lipinski definition) is 1. The number of nitrogen functional groups attached to an aromatic ring is 1. The van der Waals surface area contributed by atoms with E-state index in [0.29, 0.717) is 10.2 Å². The third-order valence-electron chi connectivity index (χ3n) is 2.12. The first-order valence-electron chi connectivity index (χ1n) is 4.71. The minimum Gasteiger partial charge on any atom is -0.368 e. The fourth-order valence-corrected chi connectivity index (χ4v) is 1.71. The van der Waals surface area contributed by atoms with Crippen LogP contribution in [0.5, 0.6) is 0 Å². The van der Waals surface area contributed by atoms with Crippen molar-refractivity contribution in [3.05, 3.63) is 28.1 Å². The van der Waals surface area contributed by atoms with Gasteiger partial charge in [0.15, 0.2) is 11.5 Å². The normalized spacial score (nSPS) is 11.8. The second-order valence-electron chi connectivity index (χ2n) is 3.48. The van der Waals surface area contributed by atoms with E-state index in [0.717, 1.165) is 10.7 Å². The van der Waals surface area contributed by atoms with Crippen molar-refractivity contribution < 1.29 is 13.2 Å². The Morgan fingerprint density at radius 1 is 1.39 bits per heavy atom. The van der Waals surface area contributed by atoms with Crippen LogP contribution in [0.1, 0.15) is 11.4 Å². The number of alkyl halides is 3. The Bertz CT molecular complexity index is 592. The molecule has 18 heavy (non-hydrogen) atoms. The number of halogens is 4. The predicted molar refractivity (Wildman–Crippen MR) is 61.0 cm³/mol. The van der Waals surface area contributed by atoms with Crippen LogP contribution in [0.25, 0.3) is 5.82 Å². The number of rotatable bonds is 1. The first-order valence-corrected chi connectivity index (χ1v) is 5.50. The zero-order valence-electron chi connectivity index (χ0n) is 9.03. The van der Waals surface area contributed by atoms with Crippen molar-refractivity contribution in [2.45, 2.75) is 13.1 Å². The molecule has 9 heteroatoms. The fourth-order valence-electron chi connectivity index (χ4n) is 1.35. The number of hydrogen-bond acceptors (Lipinski definition) is 4. The van der Waals surface area contributed by atoms with Crippen LogP contribution in [-0.4, -0.2) is 19.7 Å². The average Bonchev–Trinajstić information content (AvgIpc) is 2.64. The molecule has 0 radical (unpaired) electrons. The van der Waals surface area contributed by atoms with E-state index in [4.69, 9.17) is 5.73 Å². The lowest BCUT2D eigenvalue weighted by atomic mass is 10.3. The van der Waals surface area contributed by atoms with E-state index in [1.54, 1.807) is 0 Å². The molecule has 0 aromatic carbocycles. The average molecular weight is 322 g/mol. The Hall–Kier alpha value is -1.64. The quantitative estimate of drug-likeness (QED) is 0.875. The molecular formula is C9H7BrF3N5. The van der Waals surface area contributed by atoms with Crippen LogP contribution in [-0.2, 0) is 6.18 Å². The first-order chi connectivity index (χ1) is 8.29. The summed E-state index contributed by atoms with van der Waals surface area (Å²) in [5, 5.41) is 3.47. The molecule has 2 aromatic rings. The van der Waals surface area contributed by atoms with Crippen LogP contribution in [0, 0.1) is 6.92 Å². The summed E-state index contributed by atoms with van der Waals surface area (Å²) in [6, 6.07) is 0.935. The number of nitrogens with two attached hydrogens (primary N) is 1. The maximum Gasteiger partial charge on any atom is 0.435 e. The molecule has 2 heterocycles. The highest BCUT2D eigenvalue weighted by atomic mass is 79.9. The maximum atomic E-state index is 12.5. The maximum absolute atomic E-state index is 12.5. The van der Waals surface area contributed by atoms with Gasteiger partial charge in [-0.1, -0.05) is 0 Å². The highest BCUT2D eigenvalue weighted by molar-refractivity contribution is 9.10. The van der Waals surface area contributed by atoms with E-state index in [2.05, 4.69) is 31.0 Å². The van der Waals surface area contributed by atoms with Crippen molar-refractivity contribution in [2.75, 3.05) is 5.73 Å². The molecule has 0 atom stereocenters. The largest absolute Gasteiger partial charge is 0.435 e. The molecule has 2 N–H and O–H groups in total. The minimum atomic E-state index is -4.50. The lowest BCUT2D eigenvalue weighted by Crippen LogP contribution is -2.09. The Morgan fingerprint density at radius 3 is 2.61 bits per heavy atom. The molecule has 0 spiro atoms. The molecule has 0 amide bonds. The van der Waals surface area contributed by atoms with Crippen LogP contribution in [0.4, 0.5) is 19.1 Å². The number of aromatic nitrogens is 4. The molecule has 0 aliphatic rings. The topological polar surface area (TPSA) is 69.6 Å². The number of aryl methyl sites for hydroxylation is 1. The van der Waals surface area contributed by atoms with Gasteiger partial charge in [0, 0.05) is 11.9 Å². The van der Waals surface area contributed by atoms with Crippen LogP contribution in [0.3, 0.4) is 0 Å². The van der Waals surface area contributed by atoms with Gasteiger partial charge in [0.05, 0.1) is 4.47 Å². The van der Waals surface area contributed by atoms with E-state index in [-0.39, 0.29) is 11.8 Å². The van der Waals surface area contributed by atoms with Gasteiger partial charge >= 0.3 is 6.18 Å². The molecule has 0 aliphatic carbocycles. The summed E-state index contributed by atoms with van der Waals surface area (Å²) >= 11 is 3.14. The summed E-state index contributed by atoms with van der Waals surface area (Å²) in [6.07, 6.45) is -3.15. The molecule has 0 fully saturated rings. The van der Waals surface area contributed by atoms with E-state index in [1.165, 1.54) is 13.1 Å². The molecule has 0 aliphatic heterocycles. The van der Waals surface area contributed by atoms with E-state index in [1.807, 2.05) is 0 Å². The molecule has 0 bridgehead atoms. The summed E-state index contributed by atoms with van der Waals surface area (Å²) in [5.41, 5.74) is 4.71. The summed E-state index contributed by atoms with van der Waals surface area (Å²) in [5.74, 6) is 0.118. The van der Waals surface area contributed by atoms with Gasteiger partial charge in [-0.15, -0.1) is 0 Å². The van der Waals surface area contributed by atoms with Gasteiger partial charge in [0.1, 0.15) is 0 Å². The minimum absolute atomic E-state index is 0.0448. The van der Waals surface area contributed by atoms with E-state index in [9.17, 15) is 13.2 Å². The Morgan fingerprint density at radius 2 is 2.06 bits per heavy atom. The third-order valence-corrected chi connectivity index (χ3v) is 2.68. The van der Waals surface area contributed by atoms with E-state index < -0.39 is 11.9 Å². The zero-order chi connectivity index (χ0) is 13.5. The van der Waals surface area contributed by atoms with Gasteiger partial charge in [0.2, 0.25) is 5.95 Å². The molecule has 0 saturated heterocycles. The molecule has 2 rings (SSSR count). The van der Waals surface area contributed by atoms with Crippen molar-refractivity contribution >= 4 is 21.9 Å². The zero-order valence-corrected chi connectivity index (χ0v) is 10.6. The number of nitrogens with zero attached hydrogens (tertiary/aromatic N) is 4. The van der Waals surface area contributed by atoms with Crippen LogP contribution in [0.15, 0.2) is 16.7 Å². The summed E-state index contributed by atoms with van der Waals surface area (Å²) in [6.45, 7) is 1.49. The molecule has 5 nitrogen and oxygen atoms in total. The SMILES string of the molecule is Cc1cc(C(F)(F)F)nn1-c1nc(N)ncc1Br. The van der Waals surface area contributed by atoms with Crippen molar-refractivity contribution in [3.63, 3.8) is 0 Å². The third kappa shape index (κ3) is 2.30. The monoisotopic (exact) mass is 321 g/mol. The summed E-state index contributed by atoms with van der Waals surface area (Å²) < 4.78 is 39.1. The lowest BCUT2D eigenvalue weighted by Gasteiger charge is -2.06. The molecule has 96 valence electrons. The van der Waals surface area contributed by atoms with Crippen LogP contribution >= 0.6 is 15.9 Å². The Kier molecular flexibility index (Phi) is 3.01. The number of anilines is 1. The second kappa shape index (κ2) is 4.23. The van der Waals surface area contributed by atoms with Crippen LogP contribution < -0.4 is 5.73 Å². The molecule has 0 saturated carbocycles. The smallest absolute Gasteiger partial charge is 0.368 e. The van der Waals surface area contributed by atoms with Gasteiger partial charge < -0.3 is 5.73 Å². The summed E-state index contributed by atoms with van der Waals surface area (Å²) in [4.78, 5) is 7.56. The molecular weight excluding hydrogens is 315 g/mol. The van der Waals surface area contributed by atoms with Crippen molar-refractivity contribution in [3.8, 4) is 5.82 Å². The highest BCUT2D eigenvalue weighted by Gasteiger charge is 2.34. The highest BCUT2D eigenvalue weighted by Crippen LogP contribution is 2.30. The second-order valence-corrected chi connectivity index (χ2v) is 4.33. The molecule has 0 unspecified atom stereocenters. The lowest BCUT2D eigenvalue weighted by molar-refractivity contribution is -0.141. The van der Waals surface area contributed by atoms with Gasteiger partial charge in [0.25, 0.3) is 0 Å².